The van der Waals surface area contributed by atoms with Crippen LogP contribution in [0.5, 0.6) is 0 Å². The molecule has 0 aromatic carbocycles. The molecule has 4 nitrogen and oxygen atoms in total. The minimum absolute atomic E-state index is 0.00576. The second-order valence-corrected chi connectivity index (χ2v) is 3.95. The standard InChI is InChI=1S/C10H19NO3S/c1-4-9(13)5-10(14)11(8(3)12)7(2)6-15/h7,9,13,15H,4-6H2,1-3H3. The molecule has 2 atom stereocenters. The van der Waals surface area contributed by atoms with Crippen molar-refractivity contribution in [1.29, 1.82) is 0 Å². The van der Waals surface area contributed by atoms with Crippen molar-refractivity contribution in [1.82, 2.24) is 4.90 Å². The number of hydrogen-bond donors (Lipinski definition) is 2. The number of carbonyl (C=O) groups is 2. The Labute approximate surface area is 96.1 Å². The zero-order valence-electron chi connectivity index (χ0n) is 9.43. The SMILES string of the molecule is CCC(O)CC(=O)N(C(C)=O)C(C)CS. The van der Waals surface area contributed by atoms with E-state index < -0.39 is 6.10 Å². The summed E-state index contributed by atoms with van der Waals surface area (Å²) >= 11 is 4.05. The molecule has 0 bridgehead atoms. The third-order valence-corrected chi connectivity index (χ3v) is 2.72. The summed E-state index contributed by atoms with van der Waals surface area (Å²) < 4.78 is 0. The van der Waals surface area contributed by atoms with Crippen molar-refractivity contribution in [3.8, 4) is 0 Å². The number of carbonyl (C=O) groups excluding carboxylic acids is 2. The summed E-state index contributed by atoms with van der Waals surface area (Å²) in [6, 6.07) is -0.234. The Morgan fingerprint density at radius 1 is 1.47 bits per heavy atom. The van der Waals surface area contributed by atoms with E-state index in [1.807, 2.05) is 0 Å². The molecule has 1 N–H and O–H groups in total. The molecule has 0 saturated carbocycles. The van der Waals surface area contributed by atoms with Crippen molar-refractivity contribution in [2.75, 3.05) is 5.75 Å². The Kier molecular flexibility index (Phi) is 6.60. The molecule has 0 aliphatic carbocycles. The molecule has 15 heavy (non-hydrogen) atoms. The fraction of sp³-hybridized carbons (Fsp3) is 0.800. The highest BCUT2D eigenvalue weighted by molar-refractivity contribution is 7.80. The van der Waals surface area contributed by atoms with E-state index in [1.165, 1.54) is 6.92 Å². The van der Waals surface area contributed by atoms with Crippen molar-refractivity contribution in [3.05, 3.63) is 0 Å². The number of rotatable bonds is 5. The fourth-order valence-electron chi connectivity index (χ4n) is 1.26. The first-order chi connectivity index (χ1) is 6.93. The minimum Gasteiger partial charge on any atom is -0.393 e. The predicted octanol–water partition coefficient (Wildman–Crippen LogP) is 0.841. The number of imide groups is 1. The molecule has 88 valence electrons. The molecular weight excluding hydrogens is 214 g/mol. The van der Waals surface area contributed by atoms with E-state index in [9.17, 15) is 14.7 Å². The van der Waals surface area contributed by atoms with Gasteiger partial charge in [-0.2, -0.15) is 12.6 Å². The number of amides is 2. The Morgan fingerprint density at radius 3 is 2.33 bits per heavy atom. The first-order valence-corrected chi connectivity index (χ1v) is 5.68. The van der Waals surface area contributed by atoms with Gasteiger partial charge in [-0.15, -0.1) is 0 Å². The van der Waals surface area contributed by atoms with Crippen LogP contribution in [0.2, 0.25) is 0 Å². The van der Waals surface area contributed by atoms with Crippen LogP contribution in [0.25, 0.3) is 0 Å². The lowest BCUT2D eigenvalue weighted by Gasteiger charge is -2.25. The molecule has 0 spiro atoms. The van der Waals surface area contributed by atoms with Gasteiger partial charge in [0.1, 0.15) is 0 Å². The maximum Gasteiger partial charge on any atom is 0.232 e. The van der Waals surface area contributed by atoms with Gasteiger partial charge >= 0.3 is 0 Å². The van der Waals surface area contributed by atoms with Crippen LogP contribution in [0.1, 0.15) is 33.6 Å². The summed E-state index contributed by atoms with van der Waals surface area (Å²) in [6.45, 7) is 4.89. The molecule has 0 aliphatic heterocycles. The highest BCUT2D eigenvalue weighted by Gasteiger charge is 2.24. The molecule has 0 aliphatic rings. The molecule has 0 radical (unpaired) electrons. The minimum atomic E-state index is -0.675. The van der Waals surface area contributed by atoms with Gasteiger partial charge < -0.3 is 5.11 Å². The molecule has 5 heteroatoms. The topological polar surface area (TPSA) is 57.6 Å². The van der Waals surface area contributed by atoms with Crippen LogP contribution in [0, 0.1) is 0 Å². The largest absolute Gasteiger partial charge is 0.393 e. The Morgan fingerprint density at radius 2 is 2.00 bits per heavy atom. The van der Waals surface area contributed by atoms with E-state index in [-0.39, 0.29) is 24.3 Å². The highest BCUT2D eigenvalue weighted by Crippen LogP contribution is 2.08. The quantitative estimate of drug-likeness (QED) is 0.692. The van der Waals surface area contributed by atoms with Crippen LogP contribution in [0.3, 0.4) is 0 Å². The monoisotopic (exact) mass is 233 g/mol. The van der Waals surface area contributed by atoms with Gasteiger partial charge in [0.25, 0.3) is 0 Å². The summed E-state index contributed by atoms with van der Waals surface area (Å²) in [6.07, 6.45) is -0.174. The van der Waals surface area contributed by atoms with Gasteiger partial charge in [0.15, 0.2) is 0 Å². The van der Waals surface area contributed by atoms with Gasteiger partial charge in [0, 0.05) is 18.7 Å². The molecule has 2 amide bonds. The van der Waals surface area contributed by atoms with E-state index in [0.29, 0.717) is 12.2 Å². The Hall–Kier alpha value is -0.550. The summed E-state index contributed by atoms with van der Waals surface area (Å²) in [5.74, 6) is -0.212. The van der Waals surface area contributed by atoms with E-state index in [2.05, 4.69) is 12.6 Å². The number of thiol groups is 1. The molecule has 0 aromatic heterocycles. The maximum absolute atomic E-state index is 11.7. The van der Waals surface area contributed by atoms with Gasteiger partial charge in [-0.3, -0.25) is 14.5 Å². The second-order valence-electron chi connectivity index (χ2n) is 3.58. The maximum atomic E-state index is 11.7. The predicted molar refractivity (Wildman–Crippen MR) is 61.8 cm³/mol. The number of hydrogen-bond acceptors (Lipinski definition) is 4. The Balaban J connectivity index is 4.50. The normalized spacial score (nSPS) is 14.5. The van der Waals surface area contributed by atoms with E-state index >= 15 is 0 Å². The van der Waals surface area contributed by atoms with Crippen LogP contribution in [0.15, 0.2) is 0 Å². The van der Waals surface area contributed by atoms with Crippen molar-refractivity contribution in [2.45, 2.75) is 45.8 Å². The van der Waals surface area contributed by atoms with Gasteiger partial charge in [-0.05, 0) is 13.3 Å². The van der Waals surface area contributed by atoms with Gasteiger partial charge in [0.05, 0.1) is 12.5 Å². The van der Waals surface area contributed by atoms with Crippen molar-refractivity contribution < 1.29 is 14.7 Å². The Bertz CT molecular complexity index is 233. The van der Waals surface area contributed by atoms with E-state index in [0.717, 1.165) is 4.90 Å². The van der Waals surface area contributed by atoms with Crippen LogP contribution in [-0.2, 0) is 9.59 Å². The molecular formula is C10H19NO3S. The molecule has 2 unspecified atom stereocenters. The third-order valence-electron chi connectivity index (χ3n) is 2.19. The third kappa shape index (κ3) is 4.66. The number of nitrogens with zero attached hydrogens (tertiary/aromatic N) is 1. The first kappa shape index (κ1) is 14.5. The smallest absolute Gasteiger partial charge is 0.232 e. The summed E-state index contributed by atoms with van der Waals surface area (Å²) in [5, 5.41) is 9.34. The van der Waals surface area contributed by atoms with Gasteiger partial charge in [-0.1, -0.05) is 6.92 Å². The average Bonchev–Trinajstić information content (AvgIpc) is 2.16. The van der Waals surface area contributed by atoms with E-state index in [1.54, 1.807) is 13.8 Å². The lowest BCUT2D eigenvalue weighted by molar-refractivity contribution is -0.146. The summed E-state index contributed by atoms with van der Waals surface area (Å²) in [7, 11) is 0. The number of aliphatic hydroxyl groups is 1. The van der Waals surface area contributed by atoms with E-state index in [4.69, 9.17) is 0 Å². The lowest BCUT2D eigenvalue weighted by Crippen LogP contribution is -2.44. The molecule has 0 rings (SSSR count). The van der Waals surface area contributed by atoms with Gasteiger partial charge in [-0.25, -0.2) is 0 Å². The molecule has 0 fully saturated rings. The number of aliphatic hydroxyl groups excluding tert-OH is 1. The zero-order valence-corrected chi connectivity index (χ0v) is 10.3. The summed E-state index contributed by atoms with van der Waals surface area (Å²) in [4.78, 5) is 24.1. The second kappa shape index (κ2) is 6.85. The van der Waals surface area contributed by atoms with Crippen molar-refractivity contribution >= 4 is 24.4 Å². The molecule has 0 saturated heterocycles. The van der Waals surface area contributed by atoms with Crippen LogP contribution < -0.4 is 0 Å². The molecule has 0 aromatic rings. The highest BCUT2D eigenvalue weighted by atomic mass is 32.1. The van der Waals surface area contributed by atoms with Crippen LogP contribution in [-0.4, -0.2) is 39.7 Å². The summed E-state index contributed by atoms with van der Waals surface area (Å²) in [5.41, 5.74) is 0. The average molecular weight is 233 g/mol. The van der Waals surface area contributed by atoms with Crippen molar-refractivity contribution in [2.24, 2.45) is 0 Å². The van der Waals surface area contributed by atoms with Crippen LogP contribution in [0.4, 0.5) is 0 Å². The lowest BCUT2D eigenvalue weighted by atomic mass is 10.1. The zero-order chi connectivity index (χ0) is 12.0. The first-order valence-electron chi connectivity index (χ1n) is 5.05. The van der Waals surface area contributed by atoms with Crippen molar-refractivity contribution in [3.63, 3.8) is 0 Å². The molecule has 0 heterocycles. The van der Waals surface area contributed by atoms with Gasteiger partial charge in [0.2, 0.25) is 11.8 Å². The van der Waals surface area contributed by atoms with Crippen LogP contribution >= 0.6 is 12.6 Å². The fourth-order valence-corrected chi connectivity index (χ4v) is 1.42.